The van der Waals surface area contributed by atoms with Crippen LogP contribution in [-0.2, 0) is 9.47 Å². The highest BCUT2D eigenvalue weighted by Gasteiger charge is 2.23. The lowest BCUT2D eigenvalue weighted by Crippen LogP contribution is -2.44. The second kappa shape index (κ2) is 10.7. The van der Waals surface area contributed by atoms with E-state index in [1.807, 2.05) is 18.3 Å². The predicted molar refractivity (Wildman–Crippen MR) is 125 cm³/mol. The van der Waals surface area contributed by atoms with Crippen LogP contribution in [0.5, 0.6) is 5.88 Å². The first kappa shape index (κ1) is 22.5. The van der Waals surface area contributed by atoms with Crippen LogP contribution >= 0.6 is 0 Å². The van der Waals surface area contributed by atoms with Crippen LogP contribution in [0.25, 0.3) is 22.2 Å². The maximum absolute atomic E-state index is 6.26. The molecule has 0 aliphatic carbocycles. The molecule has 2 aliphatic heterocycles. The minimum Gasteiger partial charge on any atom is -0.474 e. The van der Waals surface area contributed by atoms with E-state index in [1.165, 1.54) is 6.42 Å². The lowest BCUT2D eigenvalue weighted by atomic mass is 10.1. The molecule has 2 fully saturated rings. The Hall–Kier alpha value is -2.71. The summed E-state index contributed by atoms with van der Waals surface area (Å²) < 4.78 is 17.3. The molecule has 8 heteroatoms. The van der Waals surface area contributed by atoms with E-state index in [-0.39, 0.29) is 12.1 Å². The molecule has 2 aliphatic rings. The van der Waals surface area contributed by atoms with Crippen molar-refractivity contribution in [1.29, 1.82) is 0 Å². The molecule has 0 saturated carbocycles. The number of aromatic amines is 1. The van der Waals surface area contributed by atoms with Crippen molar-refractivity contribution in [3.05, 3.63) is 30.6 Å². The van der Waals surface area contributed by atoms with Crippen LogP contribution in [0.2, 0.25) is 0 Å². The number of nitrogens with one attached hydrogen (secondary N) is 1. The number of morpholine rings is 1. The van der Waals surface area contributed by atoms with Gasteiger partial charge in [-0.1, -0.05) is 20.3 Å². The Kier molecular flexibility index (Phi) is 7.55. The molecule has 5 rings (SSSR count). The topological polar surface area (TPSA) is 85.4 Å². The molecule has 3 aromatic heterocycles. The number of rotatable bonds is 4. The van der Waals surface area contributed by atoms with Crippen molar-refractivity contribution in [1.82, 2.24) is 20.2 Å². The molecule has 0 bridgehead atoms. The molecule has 3 aromatic rings. The van der Waals surface area contributed by atoms with Gasteiger partial charge in [0.05, 0.1) is 43.4 Å². The maximum atomic E-state index is 6.26. The number of aromatic nitrogens is 4. The summed E-state index contributed by atoms with van der Waals surface area (Å²) in [5.74, 6) is 1.56. The fourth-order valence-corrected chi connectivity index (χ4v) is 3.98. The minimum absolute atomic E-state index is 0.117. The van der Waals surface area contributed by atoms with Gasteiger partial charge in [-0.15, -0.1) is 0 Å². The quantitative estimate of drug-likeness (QED) is 0.651. The van der Waals surface area contributed by atoms with Gasteiger partial charge in [0, 0.05) is 37.3 Å². The summed E-state index contributed by atoms with van der Waals surface area (Å²) in [7, 11) is 0. The van der Waals surface area contributed by atoms with Crippen LogP contribution < -0.4 is 9.64 Å². The summed E-state index contributed by atoms with van der Waals surface area (Å²) in [6.07, 6.45) is 6.71. The highest BCUT2D eigenvalue weighted by Crippen LogP contribution is 2.34. The molecule has 0 aromatic carbocycles. The van der Waals surface area contributed by atoms with E-state index < -0.39 is 0 Å². The van der Waals surface area contributed by atoms with E-state index in [2.05, 4.69) is 51.9 Å². The summed E-state index contributed by atoms with van der Waals surface area (Å²) in [6, 6.07) is 6.28. The van der Waals surface area contributed by atoms with E-state index in [9.17, 15) is 0 Å². The van der Waals surface area contributed by atoms with Crippen molar-refractivity contribution in [2.75, 3.05) is 37.9 Å². The van der Waals surface area contributed by atoms with Gasteiger partial charge in [0.25, 0.3) is 0 Å². The Balaban J connectivity index is 0.000000775. The molecule has 0 amide bonds. The smallest absolute Gasteiger partial charge is 0.225 e. The number of ether oxygens (including phenoxy) is 3. The van der Waals surface area contributed by atoms with Gasteiger partial charge in [-0.3, -0.25) is 5.10 Å². The molecular formula is C24H33N5O3. The highest BCUT2D eigenvalue weighted by atomic mass is 16.5. The summed E-state index contributed by atoms with van der Waals surface area (Å²) in [5, 5.41) is 8.62. The van der Waals surface area contributed by atoms with E-state index in [0.29, 0.717) is 19.1 Å². The van der Waals surface area contributed by atoms with Crippen LogP contribution in [0, 0.1) is 0 Å². The first-order valence-corrected chi connectivity index (χ1v) is 11.6. The molecule has 8 nitrogen and oxygen atoms in total. The second-order valence-electron chi connectivity index (χ2n) is 8.27. The minimum atomic E-state index is 0.117. The zero-order valence-electron chi connectivity index (χ0n) is 19.2. The van der Waals surface area contributed by atoms with E-state index in [0.717, 1.165) is 60.6 Å². The average molecular weight is 440 g/mol. The normalized spacial score (nSPS) is 19.5. The van der Waals surface area contributed by atoms with E-state index in [4.69, 9.17) is 14.2 Å². The Morgan fingerprint density at radius 2 is 1.88 bits per heavy atom. The number of hydrogen-bond acceptors (Lipinski definition) is 7. The van der Waals surface area contributed by atoms with Crippen LogP contribution in [0.1, 0.15) is 40.0 Å². The van der Waals surface area contributed by atoms with Crippen molar-refractivity contribution in [3.8, 4) is 17.1 Å². The lowest BCUT2D eigenvalue weighted by Gasteiger charge is -2.34. The molecule has 0 spiro atoms. The van der Waals surface area contributed by atoms with E-state index in [1.54, 1.807) is 6.20 Å². The highest BCUT2D eigenvalue weighted by molar-refractivity contribution is 5.96. The molecule has 2 saturated heterocycles. The Morgan fingerprint density at radius 3 is 2.66 bits per heavy atom. The van der Waals surface area contributed by atoms with Gasteiger partial charge < -0.3 is 19.1 Å². The molecule has 0 radical (unpaired) electrons. The van der Waals surface area contributed by atoms with Crippen LogP contribution in [-0.4, -0.2) is 65.3 Å². The zero-order chi connectivity index (χ0) is 22.3. The lowest BCUT2D eigenvalue weighted by molar-refractivity contribution is 0.0244. The van der Waals surface area contributed by atoms with Crippen molar-refractivity contribution >= 4 is 16.7 Å². The van der Waals surface area contributed by atoms with E-state index >= 15 is 0 Å². The van der Waals surface area contributed by atoms with Gasteiger partial charge in [-0.05, 0) is 25.1 Å². The average Bonchev–Trinajstić information content (AvgIpc) is 3.26. The SMILES string of the molecule is CC1COCCN1c1cc(-c2n[nH]c3ccnc(OC4CCOCC4)c23)ccn1.CCC. The first-order valence-electron chi connectivity index (χ1n) is 11.6. The molecule has 1 atom stereocenters. The molecule has 172 valence electrons. The monoisotopic (exact) mass is 439 g/mol. The number of fused-ring (bicyclic) bond motifs is 1. The van der Waals surface area contributed by atoms with Gasteiger partial charge in [0.1, 0.15) is 17.6 Å². The largest absolute Gasteiger partial charge is 0.474 e. The first-order chi connectivity index (χ1) is 15.7. The third-order valence-electron chi connectivity index (χ3n) is 5.57. The van der Waals surface area contributed by atoms with Gasteiger partial charge >= 0.3 is 0 Å². The molecule has 1 unspecified atom stereocenters. The molecular weight excluding hydrogens is 406 g/mol. The fourth-order valence-electron chi connectivity index (χ4n) is 3.98. The summed E-state index contributed by atoms with van der Waals surface area (Å²) in [4.78, 5) is 11.4. The Labute approximate surface area is 189 Å². The van der Waals surface area contributed by atoms with Gasteiger partial charge in [0.15, 0.2) is 0 Å². The van der Waals surface area contributed by atoms with Gasteiger partial charge in [0.2, 0.25) is 5.88 Å². The number of H-pyrrole nitrogens is 1. The summed E-state index contributed by atoms with van der Waals surface area (Å²) in [5.41, 5.74) is 2.74. The molecule has 5 heterocycles. The van der Waals surface area contributed by atoms with Crippen molar-refractivity contribution in [2.45, 2.75) is 52.2 Å². The molecule has 1 N–H and O–H groups in total. The fraction of sp³-hybridized carbons (Fsp3) is 0.542. The van der Waals surface area contributed by atoms with Crippen LogP contribution in [0.15, 0.2) is 30.6 Å². The Morgan fingerprint density at radius 1 is 1.09 bits per heavy atom. The number of anilines is 1. The number of pyridine rings is 2. The van der Waals surface area contributed by atoms with Gasteiger partial charge in [-0.25, -0.2) is 9.97 Å². The van der Waals surface area contributed by atoms with Crippen LogP contribution in [0.3, 0.4) is 0 Å². The summed E-state index contributed by atoms with van der Waals surface area (Å²) >= 11 is 0. The van der Waals surface area contributed by atoms with Crippen molar-refractivity contribution < 1.29 is 14.2 Å². The third kappa shape index (κ3) is 5.02. The number of nitrogens with zero attached hydrogens (tertiary/aromatic N) is 4. The maximum Gasteiger partial charge on any atom is 0.225 e. The van der Waals surface area contributed by atoms with Crippen molar-refractivity contribution in [3.63, 3.8) is 0 Å². The Bertz CT molecular complexity index is 1000. The van der Waals surface area contributed by atoms with Crippen LogP contribution in [0.4, 0.5) is 5.82 Å². The standard InChI is InChI=1S/C21H25N5O3.C3H8/c1-14-13-28-11-8-26(14)18-12-15(2-6-22-18)20-19-17(24-25-20)3-7-23-21(19)29-16-4-9-27-10-5-16;1-3-2/h2-3,6-7,12,14,16H,4-5,8-11,13H2,1H3,(H,24,25);3H2,1-2H3. The molecule has 32 heavy (non-hydrogen) atoms. The second-order valence-corrected chi connectivity index (χ2v) is 8.27. The van der Waals surface area contributed by atoms with Crippen molar-refractivity contribution in [2.24, 2.45) is 0 Å². The van der Waals surface area contributed by atoms with Gasteiger partial charge in [-0.2, -0.15) is 5.10 Å². The zero-order valence-corrected chi connectivity index (χ0v) is 19.2. The predicted octanol–water partition coefficient (Wildman–Crippen LogP) is 4.22. The number of hydrogen-bond donors (Lipinski definition) is 1. The third-order valence-corrected chi connectivity index (χ3v) is 5.57. The summed E-state index contributed by atoms with van der Waals surface area (Å²) in [6.45, 7) is 10.1.